The molecule has 0 aliphatic carbocycles. The molecule has 2 aromatic carbocycles. The van der Waals surface area contributed by atoms with Crippen molar-refractivity contribution < 1.29 is 18.7 Å². The Kier molecular flexibility index (Phi) is 7.64. The molecule has 1 aliphatic rings. The SMILES string of the molecule is COc1cc(C)c(C(N)=O)cc1Nc1nc(-c2ccc(OCCN3CCC(F)CC3)cc2)cs1. The van der Waals surface area contributed by atoms with E-state index >= 15 is 0 Å². The van der Waals surface area contributed by atoms with Crippen molar-refractivity contribution in [3.8, 4) is 22.8 Å². The minimum atomic E-state index is -0.655. The van der Waals surface area contributed by atoms with Crippen molar-refractivity contribution in [2.24, 2.45) is 5.73 Å². The van der Waals surface area contributed by atoms with E-state index in [1.807, 2.05) is 36.6 Å². The lowest BCUT2D eigenvalue weighted by Gasteiger charge is -2.28. The lowest BCUT2D eigenvalue weighted by Crippen LogP contribution is -2.37. The van der Waals surface area contributed by atoms with Gasteiger partial charge < -0.3 is 20.5 Å². The van der Waals surface area contributed by atoms with Gasteiger partial charge in [0.2, 0.25) is 5.91 Å². The lowest BCUT2D eigenvalue weighted by molar-refractivity contribution is 0.0999. The molecular weight excluding hydrogens is 455 g/mol. The van der Waals surface area contributed by atoms with Gasteiger partial charge in [-0.1, -0.05) is 0 Å². The molecule has 0 spiro atoms. The van der Waals surface area contributed by atoms with Crippen LogP contribution in [0.3, 0.4) is 0 Å². The molecule has 34 heavy (non-hydrogen) atoms. The van der Waals surface area contributed by atoms with Crippen LogP contribution in [0.15, 0.2) is 41.8 Å². The van der Waals surface area contributed by atoms with Crippen LogP contribution in [0.4, 0.5) is 15.2 Å². The van der Waals surface area contributed by atoms with E-state index in [4.69, 9.17) is 15.2 Å². The van der Waals surface area contributed by atoms with Gasteiger partial charge in [-0.15, -0.1) is 11.3 Å². The van der Waals surface area contributed by atoms with E-state index in [0.717, 1.165) is 42.2 Å². The fraction of sp³-hybridized carbons (Fsp3) is 0.360. The number of carbonyl (C=O) groups is 1. The number of aryl methyl sites for hydroxylation is 1. The van der Waals surface area contributed by atoms with Gasteiger partial charge in [0.05, 0.1) is 18.5 Å². The maximum atomic E-state index is 13.2. The second kappa shape index (κ2) is 10.8. The van der Waals surface area contributed by atoms with Crippen molar-refractivity contribution in [2.75, 3.05) is 38.7 Å². The summed E-state index contributed by atoms with van der Waals surface area (Å²) in [5, 5.41) is 5.86. The topological polar surface area (TPSA) is 89.7 Å². The number of anilines is 2. The van der Waals surface area contributed by atoms with E-state index in [1.54, 1.807) is 19.2 Å². The Morgan fingerprint density at radius 1 is 1.26 bits per heavy atom. The summed E-state index contributed by atoms with van der Waals surface area (Å²) in [7, 11) is 1.58. The number of aromatic nitrogens is 1. The summed E-state index contributed by atoms with van der Waals surface area (Å²) >= 11 is 1.45. The fourth-order valence-corrected chi connectivity index (χ4v) is 4.66. The Morgan fingerprint density at radius 2 is 2.00 bits per heavy atom. The number of amides is 1. The van der Waals surface area contributed by atoms with Gasteiger partial charge in [-0.3, -0.25) is 9.69 Å². The summed E-state index contributed by atoms with van der Waals surface area (Å²) < 4.78 is 24.5. The molecule has 0 radical (unpaired) electrons. The molecule has 1 fully saturated rings. The number of carbonyl (C=O) groups excluding carboxylic acids is 1. The van der Waals surface area contributed by atoms with Gasteiger partial charge in [-0.25, -0.2) is 9.37 Å². The average molecular weight is 485 g/mol. The van der Waals surface area contributed by atoms with Gasteiger partial charge >= 0.3 is 0 Å². The number of thiazole rings is 1. The number of halogens is 1. The standard InChI is InChI=1S/C25H29FN4O3S/c1-16-13-23(32-2)21(14-20(16)24(27)31)28-25-29-22(15-34-25)17-3-5-19(6-4-17)33-12-11-30-9-7-18(26)8-10-30/h3-6,13-15,18H,7-12H2,1-2H3,(H2,27,31)(H,28,29). The Bertz CT molecular complexity index is 1130. The third kappa shape index (κ3) is 5.84. The van der Waals surface area contributed by atoms with Gasteiger partial charge in [-0.05, 0) is 61.7 Å². The molecule has 0 atom stereocenters. The van der Waals surface area contributed by atoms with Crippen LogP contribution < -0.4 is 20.5 Å². The predicted molar refractivity (Wildman–Crippen MR) is 133 cm³/mol. The van der Waals surface area contributed by atoms with E-state index in [0.29, 0.717) is 41.6 Å². The highest BCUT2D eigenvalue weighted by Gasteiger charge is 2.18. The number of methoxy groups -OCH3 is 1. The molecule has 1 saturated heterocycles. The van der Waals surface area contributed by atoms with Crippen LogP contribution in [-0.4, -0.2) is 55.3 Å². The second-order valence-electron chi connectivity index (χ2n) is 8.28. The van der Waals surface area contributed by atoms with Gasteiger partial charge in [0.15, 0.2) is 5.13 Å². The number of nitrogens with one attached hydrogen (secondary N) is 1. The van der Waals surface area contributed by atoms with Gasteiger partial charge in [0, 0.05) is 36.1 Å². The summed E-state index contributed by atoms with van der Waals surface area (Å²) in [6.07, 6.45) is 0.572. The summed E-state index contributed by atoms with van der Waals surface area (Å²) in [4.78, 5) is 18.6. The monoisotopic (exact) mass is 484 g/mol. The number of primary amides is 1. The largest absolute Gasteiger partial charge is 0.495 e. The Hall–Kier alpha value is -3.17. The zero-order valence-corrected chi connectivity index (χ0v) is 20.2. The van der Waals surface area contributed by atoms with Crippen LogP contribution in [0.25, 0.3) is 11.3 Å². The number of hydrogen-bond donors (Lipinski definition) is 2. The van der Waals surface area contributed by atoms with Crippen LogP contribution >= 0.6 is 11.3 Å². The fourth-order valence-electron chi connectivity index (χ4n) is 3.93. The maximum absolute atomic E-state index is 13.2. The number of alkyl halides is 1. The second-order valence-corrected chi connectivity index (χ2v) is 9.14. The summed E-state index contributed by atoms with van der Waals surface area (Å²) in [5.74, 6) is 0.908. The molecule has 3 aromatic rings. The zero-order valence-electron chi connectivity index (χ0n) is 19.3. The number of hydrogen-bond acceptors (Lipinski definition) is 7. The minimum Gasteiger partial charge on any atom is -0.495 e. The molecule has 0 unspecified atom stereocenters. The third-order valence-electron chi connectivity index (χ3n) is 5.90. The average Bonchev–Trinajstić information content (AvgIpc) is 3.30. The summed E-state index contributed by atoms with van der Waals surface area (Å²) in [6, 6.07) is 11.3. The highest BCUT2D eigenvalue weighted by atomic mass is 32.1. The van der Waals surface area contributed by atoms with Crippen LogP contribution in [0.1, 0.15) is 28.8 Å². The molecule has 1 aliphatic heterocycles. The first-order chi connectivity index (χ1) is 16.4. The molecule has 180 valence electrons. The van der Waals surface area contributed by atoms with Crippen molar-refractivity contribution in [3.63, 3.8) is 0 Å². The first-order valence-electron chi connectivity index (χ1n) is 11.2. The molecule has 1 aromatic heterocycles. The van der Waals surface area contributed by atoms with Crippen molar-refractivity contribution in [2.45, 2.75) is 25.9 Å². The van der Waals surface area contributed by atoms with E-state index in [2.05, 4.69) is 15.2 Å². The molecule has 4 rings (SSSR count). The number of piperidine rings is 1. The van der Waals surface area contributed by atoms with Gasteiger partial charge in [0.25, 0.3) is 0 Å². The lowest BCUT2D eigenvalue weighted by atomic mass is 10.1. The van der Waals surface area contributed by atoms with E-state index in [-0.39, 0.29) is 0 Å². The minimum absolute atomic E-state index is 0.433. The molecule has 2 heterocycles. The first kappa shape index (κ1) is 24.0. The van der Waals surface area contributed by atoms with E-state index in [9.17, 15) is 9.18 Å². The number of ether oxygens (including phenoxy) is 2. The number of nitrogens with zero attached hydrogens (tertiary/aromatic N) is 2. The molecular formula is C25H29FN4O3S. The van der Waals surface area contributed by atoms with Crippen LogP contribution in [0.2, 0.25) is 0 Å². The number of rotatable bonds is 9. The first-order valence-corrected chi connectivity index (χ1v) is 12.1. The quantitative estimate of drug-likeness (QED) is 0.454. The highest BCUT2D eigenvalue weighted by Crippen LogP contribution is 2.33. The van der Waals surface area contributed by atoms with Crippen molar-refractivity contribution in [1.82, 2.24) is 9.88 Å². The van der Waals surface area contributed by atoms with Crippen LogP contribution in [-0.2, 0) is 0 Å². The summed E-state index contributed by atoms with van der Waals surface area (Å²) in [6.45, 7) is 4.78. The zero-order chi connectivity index (χ0) is 24.1. The highest BCUT2D eigenvalue weighted by molar-refractivity contribution is 7.14. The Morgan fingerprint density at radius 3 is 2.68 bits per heavy atom. The van der Waals surface area contributed by atoms with Crippen LogP contribution in [0, 0.1) is 6.92 Å². The smallest absolute Gasteiger partial charge is 0.249 e. The maximum Gasteiger partial charge on any atom is 0.249 e. The molecule has 0 bridgehead atoms. The van der Waals surface area contributed by atoms with Crippen molar-refractivity contribution >= 4 is 28.1 Å². The van der Waals surface area contributed by atoms with E-state index < -0.39 is 12.1 Å². The van der Waals surface area contributed by atoms with Gasteiger partial charge in [0.1, 0.15) is 24.3 Å². The normalized spacial score (nSPS) is 14.7. The van der Waals surface area contributed by atoms with Crippen LogP contribution in [0.5, 0.6) is 11.5 Å². The summed E-state index contributed by atoms with van der Waals surface area (Å²) in [5.41, 5.74) is 9.09. The molecule has 9 heteroatoms. The number of benzene rings is 2. The van der Waals surface area contributed by atoms with Crippen molar-refractivity contribution in [3.05, 3.63) is 52.9 Å². The molecule has 7 nitrogen and oxygen atoms in total. The van der Waals surface area contributed by atoms with E-state index in [1.165, 1.54) is 11.3 Å². The molecule has 0 saturated carbocycles. The Labute approximate surface area is 202 Å². The van der Waals surface area contributed by atoms with Crippen molar-refractivity contribution in [1.29, 1.82) is 0 Å². The number of likely N-dealkylation sites (tertiary alicyclic amines) is 1. The Balaban J connectivity index is 1.37. The van der Waals surface area contributed by atoms with Gasteiger partial charge in [-0.2, -0.15) is 0 Å². The third-order valence-corrected chi connectivity index (χ3v) is 6.66. The molecule has 3 N–H and O–H groups in total. The molecule has 1 amide bonds. The number of nitrogens with two attached hydrogens (primary N) is 1. The predicted octanol–water partition coefficient (Wildman–Crippen LogP) is 4.78.